The molecule has 124 valence electrons. The van der Waals surface area contributed by atoms with Crippen LogP contribution in [0.5, 0.6) is 5.75 Å². The first-order valence-corrected chi connectivity index (χ1v) is 8.06. The summed E-state index contributed by atoms with van der Waals surface area (Å²) in [6.07, 6.45) is 2.61. The number of aromatic nitrogens is 3. The number of aldehydes is 1. The Bertz CT molecular complexity index is 639. The topological polar surface area (TPSA) is 57.0 Å². The fraction of sp³-hybridized carbons (Fsp3) is 0.500. The van der Waals surface area contributed by atoms with Gasteiger partial charge in [-0.3, -0.25) is 4.79 Å². The molecule has 1 aromatic carbocycles. The molecule has 0 amide bonds. The van der Waals surface area contributed by atoms with Crippen molar-refractivity contribution in [1.82, 2.24) is 15.0 Å². The van der Waals surface area contributed by atoms with Crippen LogP contribution in [0.2, 0.25) is 0 Å². The van der Waals surface area contributed by atoms with Crippen LogP contribution in [0.25, 0.3) is 0 Å². The molecule has 23 heavy (non-hydrogen) atoms. The molecule has 0 bridgehead atoms. The van der Waals surface area contributed by atoms with Crippen molar-refractivity contribution >= 4 is 6.29 Å². The van der Waals surface area contributed by atoms with Crippen LogP contribution >= 0.6 is 0 Å². The zero-order valence-corrected chi connectivity index (χ0v) is 14.4. The van der Waals surface area contributed by atoms with Crippen LogP contribution in [0.4, 0.5) is 0 Å². The predicted octanol–water partition coefficient (Wildman–Crippen LogP) is 3.42. The maximum Gasteiger partial charge on any atom is 0.172 e. The summed E-state index contributed by atoms with van der Waals surface area (Å²) in [6, 6.07) is 8.17. The van der Waals surface area contributed by atoms with E-state index in [-0.39, 0.29) is 5.41 Å². The Balaban J connectivity index is 1.91. The molecule has 1 aromatic heterocycles. The third-order valence-electron chi connectivity index (χ3n) is 3.70. The number of aryl methyl sites for hydroxylation is 2. The van der Waals surface area contributed by atoms with Gasteiger partial charge >= 0.3 is 0 Å². The van der Waals surface area contributed by atoms with Gasteiger partial charge in [-0.25, -0.2) is 4.68 Å². The Morgan fingerprint density at radius 3 is 2.48 bits per heavy atom. The van der Waals surface area contributed by atoms with E-state index in [1.54, 1.807) is 0 Å². The van der Waals surface area contributed by atoms with Gasteiger partial charge in [0.15, 0.2) is 6.29 Å². The maximum atomic E-state index is 11.1. The summed E-state index contributed by atoms with van der Waals surface area (Å²) in [5.41, 5.74) is 2.43. The van der Waals surface area contributed by atoms with E-state index in [1.165, 1.54) is 5.56 Å². The quantitative estimate of drug-likeness (QED) is 0.580. The van der Waals surface area contributed by atoms with Gasteiger partial charge < -0.3 is 4.74 Å². The van der Waals surface area contributed by atoms with Gasteiger partial charge in [-0.05, 0) is 24.1 Å². The third kappa shape index (κ3) is 4.41. The number of hydrogen-bond donors (Lipinski definition) is 0. The largest absolute Gasteiger partial charge is 0.494 e. The van der Waals surface area contributed by atoms with E-state index >= 15 is 0 Å². The fourth-order valence-corrected chi connectivity index (χ4v) is 2.56. The monoisotopic (exact) mass is 315 g/mol. The lowest BCUT2D eigenvalue weighted by Gasteiger charge is -2.20. The standard InChI is InChI=1S/C18H25N3O2/c1-5-14-7-9-15(10-8-14)23-12-6-11-21-17(18(2,3)4)16(13-22)19-20-21/h7-10,13H,5-6,11-12H2,1-4H3. The van der Waals surface area contributed by atoms with E-state index in [1.807, 2.05) is 16.8 Å². The molecule has 0 unspecified atom stereocenters. The number of ether oxygens (including phenoxy) is 1. The van der Waals surface area contributed by atoms with Gasteiger partial charge in [-0.15, -0.1) is 5.10 Å². The zero-order chi connectivity index (χ0) is 16.9. The van der Waals surface area contributed by atoms with Gasteiger partial charge in [-0.2, -0.15) is 0 Å². The van der Waals surface area contributed by atoms with Crippen molar-refractivity contribution in [2.24, 2.45) is 0 Å². The molecule has 0 saturated heterocycles. The average Bonchev–Trinajstić information content (AvgIpc) is 2.95. The van der Waals surface area contributed by atoms with Crippen LogP contribution < -0.4 is 4.74 Å². The first kappa shape index (κ1) is 17.2. The lowest BCUT2D eigenvalue weighted by atomic mass is 9.90. The number of nitrogens with zero attached hydrogens (tertiary/aromatic N) is 3. The molecule has 0 fully saturated rings. The highest BCUT2D eigenvalue weighted by Gasteiger charge is 2.24. The van der Waals surface area contributed by atoms with Crippen molar-refractivity contribution in [2.75, 3.05) is 6.61 Å². The van der Waals surface area contributed by atoms with Crippen molar-refractivity contribution < 1.29 is 9.53 Å². The number of carbonyl (C=O) groups is 1. The summed E-state index contributed by atoms with van der Waals surface area (Å²) < 4.78 is 7.57. The van der Waals surface area contributed by atoms with Crippen molar-refractivity contribution in [3.05, 3.63) is 41.2 Å². The average molecular weight is 315 g/mol. The molecule has 2 rings (SSSR count). The number of hydrogen-bond acceptors (Lipinski definition) is 4. The molecule has 0 N–H and O–H groups in total. The molecule has 0 radical (unpaired) electrons. The van der Waals surface area contributed by atoms with E-state index in [9.17, 15) is 4.79 Å². The molecule has 0 saturated carbocycles. The molecule has 2 aromatic rings. The summed E-state index contributed by atoms with van der Waals surface area (Å²) in [4.78, 5) is 11.1. The van der Waals surface area contributed by atoms with E-state index in [2.05, 4.69) is 50.1 Å². The van der Waals surface area contributed by atoms with Crippen LogP contribution in [0.3, 0.4) is 0 Å². The molecule has 0 aliphatic carbocycles. The van der Waals surface area contributed by atoms with Gasteiger partial charge in [0.2, 0.25) is 0 Å². The van der Waals surface area contributed by atoms with Crippen LogP contribution in [-0.4, -0.2) is 27.9 Å². The molecule has 1 heterocycles. The second-order valence-corrected chi connectivity index (χ2v) is 6.61. The summed E-state index contributed by atoms with van der Waals surface area (Å²) in [5.74, 6) is 0.880. The lowest BCUT2D eigenvalue weighted by Crippen LogP contribution is -2.21. The number of rotatable bonds is 7. The van der Waals surface area contributed by atoms with Crippen LogP contribution in [-0.2, 0) is 18.4 Å². The van der Waals surface area contributed by atoms with E-state index < -0.39 is 0 Å². The zero-order valence-electron chi connectivity index (χ0n) is 14.4. The normalized spacial score (nSPS) is 11.5. The first-order chi connectivity index (χ1) is 11.0. The van der Waals surface area contributed by atoms with Crippen molar-refractivity contribution in [1.29, 1.82) is 0 Å². The molecule has 0 spiro atoms. The van der Waals surface area contributed by atoms with Crippen molar-refractivity contribution in [3.63, 3.8) is 0 Å². The molecule has 0 atom stereocenters. The summed E-state index contributed by atoms with van der Waals surface area (Å²) in [6.45, 7) is 9.59. The maximum absolute atomic E-state index is 11.1. The first-order valence-electron chi connectivity index (χ1n) is 8.06. The van der Waals surface area contributed by atoms with Gasteiger partial charge in [0, 0.05) is 18.4 Å². The molecule has 0 aliphatic rings. The highest BCUT2D eigenvalue weighted by molar-refractivity contribution is 5.73. The van der Waals surface area contributed by atoms with E-state index in [0.717, 1.165) is 30.6 Å². The second kappa shape index (κ2) is 7.40. The molecule has 5 heteroatoms. The Morgan fingerprint density at radius 1 is 1.22 bits per heavy atom. The molecular formula is C18H25N3O2. The minimum Gasteiger partial charge on any atom is -0.494 e. The summed E-state index contributed by atoms with van der Waals surface area (Å²) in [7, 11) is 0. The third-order valence-corrected chi connectivity index (χ3v) is 3.70. The van der Waals surface area contributed by atoms with Crippen molar-refractivity contribution in [2.45, 2.75) is 52.5 Å². The smallest absolute Gasteiger partial charge is 0.172 e. The SMILES string of the molecule is CCc1ccc(OCCCn2nnc(C=O)c2C(C)(C)C)cc1. The van der Waals surface area contributed by atoms with Crippen molar-refractivity contribution in [3.8, 4) is 5.75 Å². The Kier molecular flexibility index (Phi) is 5.53. The fourth-order valence-electron chi connectivity index (χ4n) is 2.56. The highest BCUT2D eigenvalue weighted by atomic mass is 16.5. The number of carbonyl (C=O) groups excluding carboxylic acids is 1. The minimum atomic E-state index is -0.170. The van der Waals surface area contributed by atoms with Gasteiger partial charge in [0.05, 0.1) is 12.3 Å². The number of benzene rings is 1. The Morgan fingerprint density at radius 2 is 1.91 bits per heavy atom. The van der Waals surface area contributed by atoms with Crippen LogP contribution in [0.15, 0.2) is 24.3 Å². The highest BCUT2D eigenvalue weighted by Crippen LogP contribution is 2.24. The van der Waals surface area contributed by atoms with Gasteiger partial charge in [-0.1, -0.05) is 45.0 Å². The van der Waals surface area contributed by atoms with E-state index in [4.69, 9.17) is 4.74 Å². The Hall–Kier alpha value is -2.17. The lowest BCUT2D eigenvalue weighted by molar-refractivity contribution is 0.111. The van der Waals surface area contributed by atoms with Gasteiger partial charge in [0.1, 0.15) is 11.4 Å². The molecule has 0 aliphatic heterocycles. The summed E-state index contributed by atoms with van der Waals surface area (Å²) in [5, 5.41) is 8.06. The summed E-state index contributed by atoms with van der Waals surface area (Å²) >= 11 is 0. The van der Waals surface area contributed by atoms with Crippen LogP contribution in [0, 0.1) is 0 Å². The van der Waals surface area contributed by atoms with Crippen LogP contribution in [0.1, 0.15) is 55.9 Å². The predicted molar refractivity (Wildman–Crippen MR) is 90.0 cm³/mol. The Labute approximate surface area is 137 Å². The molecular weight excluding hydrogens is 290 g/mol. The van der Waals surface area contributed by atoms with Gasteiger partial charge in [0.25, 0.3) is 0 Å². The molecule has 5 nitrogen and oxygen atoms in total. The van der Waals surface area contributed by atoms with E-state index in [0.29, 0.717) is 18.8 Å². The minimum absolute atomic E-state index is 0.170. The second-order valence-electron chi connectivity index (χ2n) is 6.61.